The molecule has 2 aromatic rings. The Morgan fingerprint density at radius 2 is 1.70 bits per heavy atom. The minimum atomic E-state index is -0.736. The molecule has 23 heavy (non-hydrogen) atoms. The van der Waals surface area contributed by atoms with Crippen molar-refractivity contribution in [1.29, 1.82) is 0 Å². The van der Waals surface area contributed by atoms with Gasteiger partial charge in [-0.1, -0.05) is 23.2 Å². The monoisotopic (exact) mass is 355 g/mol. The molecule has 0 radical (unpaired) electrons. The Morgan fingerprint density at radius 1 is 1.09 bits per heavy atom. The van der Waals surface area contributed by atoms with Crippen molar-refractivity contribution in [3.05, 3.63) is 56.1 Å². The van der Waals surface area contributed by atoms with Gasteiger partial charge in [-0.2, -0.15) is 0 Å². The lowest BCUT2D eigenvalue weighted by atomic mass is 10.0. The minimum Gasteiger partial charge on any atom is -0.496 e. The molecule has 120 valence electrons. The van der Waals surface area contributed by atoms with Gasteiger partial charge in [-0.15, -0.1) is 0 Å². The van der Waals surface area contributed by atoms with Gasteiger partial charge in [0.1, 0.15) is 11.3 Å². The molecule has 0 amide bonds. The largest absolute Gasteiger partial charge is 0.496 e. The first-order chi connectivity index (χ1) is 10.9. The van der Waals surface area contributed by atoms with Crippen LogP contribution in [-0.2, 0) is 4.74 Å². The number of hydrogen-bond acceptors (Lipinski definition) is 5. The molecule has 8 heteroatoms. The molecule has 0 N–H and O–H groups in total. The number of methoxy groups -OCH3 is 2. The zero-order chi connectivity index (χ0) is 17.1. The Labute approximate surface area is 141 Å². The number of carbonyl (C=O) groups is 1. The van der Waals surface area contributed by atoms with Gasteiger partial charge in [-0.05, 0) is 29.8 Å². The average Bonchev–Trinajstić information content (AvgIpc) is 2.51. The van der Waals surface area contributed by atoms with Crippen molar-refractivity contribution in [2.45, 2.75) is 0 Å². The van der Waals surface area contributed by atoms with Crippen LogP contribution >= 0.6 is 23.2 Å². The SMILES string of the molecule is COC(=O)c1cc([N+](=O)[O-])c(-c2cc(Cl)cc(Cl)c2)cc1OC. The summed E-state index contributed by atoms with van der Waals surface area (Å²) in [5.41, 5.74) is 0.330. The summed E-state index contributed by atoms with van der Waals surface area (Å²) in [6.07, 6.45) is 0. The summed E-state index contributed by atoms with van der Waals surface area (Å²) >= 11 is 11.9. The second-order valence-electron chi connectivity index (χ2n) is 4.48. The van der Waals surface area contributed by atoms with Crippen LogP contribution in [0.4, 0.5) is 5.69 Å². The van der Waals surface area contributed by atoms with E-state index in [0.29, 0.717) is 15.6 Å². The van der Waals surface area contributed by atoms with E-state index < -0.39 is 10.9 Å². The lowest BCUT2D eigenvalue weighted by Gasteiger charge is -2.11. The van der Waals surface area contributed by atoms with Crippen molar-refractivity contribution >= 4 is 34.9 Å². The van der Waals surface area contributed by atoms with Crippen molar-refractivity contribution in [3.8, 4) is 16.9 Å². The van der Waals surface area contributed by atoms with E-state index >= 15 is 0 Å². The van der Waals surface area contributed by atoms with E-state index in [2.05, 4.69) is 4.74 Å². The minimum absolute atomic E-state index is 0.0430. The van der Waals surface area contributed by atoms with Crippen LogP contribution in [0.15, 0.2) is 30.3 Å². The average molecular weight is 356 g/mol. The molecule has 2 rings (SSSR count). The van der Waals surface area contributed by atoms with Gasteiger partial charge in [0.2, 0.25) is 0 Å². The van der Waals surface area contributed by atoms with Crippen molar-refractivity contribution < 1.29 is 19.2 Å². The smallest absolute Gasteiger partial charge is 0.341 e. The predicted octanol–water partition coefficient (Wildman–Crippen LogP) is 4.36. The molecule has 6 nitrogen and oxygen atoms in total. The van der Waals surface area contributed by atoms with Crippen LogP contribution in [0.2, 0.25) is 10.0 Å². The van der Waals surface area contributed by atoms with Gasteiger partial charge < -0.3 is 9.47 Å². The molecular formula is C15H11Cl2NO5. The highest BCUT2D eigenvalue weighted by atomic mass is 35.5. The topological polar surface area (TPSA) is 78.7 Å². The fourth-order valence-corrected chi connectivity index (χ4v) is 2.62. The third kappa shape index (κ3) is 3.55. The summed E-state index contributed by atoms with van der Waals surface area (Å²) in [6.45, 7) is 0. The maximum Gasteiger partial charge on any atom is 0.341 e. The number of ether oxygens (including phenoxy) is 2. The normalized spacial score (nSPS) is 10.3. The number of esters is 1. The van der Waals surface area contributed by atoms with Crippen LogP contribution in [0.25, 0.3) is 11.1 Å². The van der Waals surface area contributed by atoms with E-state index in [0.717, 1.165) is 6.07 Å². The summed E-state index contributed by atoms with van der Waals surface area (Å²) in [5.74, 6) is -0.589. The molecule has 0 bridgehead atoms. The van der Waals surface area contributed by atoms with Gasteiger partial charge in [0, 0.05) is 16.1 Å². The second-order valence-corrected chi connectivity index (χ2v) is 5.35. The number of rotatable bonds is 4. The van der Waals surface area contributed by atoms with Gasteiger partial charge in [-0.25, -0.2) is 4.79 Å². The van der Waals surface area contributed by atoms with Crippen LogP contribution in [0.3, 0.4) is 0 Å². The van der Waals surface area contributed by atoms with Crippen molar-refractivity contribution in [2.75, 3.05) is 14.2 Å². The lowest BCUT2D eigenvalue weighted by molar-refractivity contribution is -0.384. The Kier molecular flexibility index (Phi) is 5.08. The fraction of sp³-hybridized carbons (Fsp3) is 0.133. The van der Waals surface area contributed by atoms with E-state index in [1.807, 2.05) is 0 Å². The van der Waals surface area contributed by atoms with Crippen molar-refractivity contribution in [1.82, 2.24) is 0 Å². The lowest BCUT2D eigenvalue weighted by Crippen LogP contribution is -2.06. The summed E-state index contributed by atoms with van der Waals surface area (Å²) in [4.78, 5) is 22.5. The number of nitro benzene ring substituents is 1. The van der Waals surface area contributed by atoms with Crippen LogP contribution in [0.5, 0.6) is 5.75 Å². The second kappa shape index (κ2) is 6.85. The molecule has 0 aliphatic rings. The summed E-state index contributed by atoms with van der Waals surface area (Å²) in [5, 5.41) is 12.0. The van der Waals surface area contributed by atoms with E-state index in [-0.39, 0.29) is 22.6 Å². The van der Waals surface area contributed by atoms with Gasteiger partial charge in [0.15, 0.2) is 0 Å². The summed E-state index contributed by atoms with van der Waals surface area (Å²) < 4.78 is 9.75. The quantitative estimate of drug-likeness (QED) is 0.462. The number of benzene rings is 2. The molecule has 0 saturated carbocycles. The van der Waals surface area contributed by atoms with E-state index in [9.17, 15) is 14.9 Å². The molecule has 0 aliphatic heterocycles. The van der Waals surface area contributed by atoms with Crippen molar-refractivity contribution in [3.63, 3.8) is 0 Å². The van der Waals surface area contributed by atoms with Gasteiger partial charge in [-0.3, -0.25) is 10.1 Å². The standard InChI is InChI=1S/C15H11Cl2NO5/c1-22-14-7-11(8-3-9(16)5-10(17)4-8)13(18(20)21)6-12(14)15(19)23-2/h3-7H,1-2H3. The van der Waals surface area contributed by atoms with Gasteiger partial charge in [0.05, 0.1) is 24.7 Å². The van der Waals surface area contributed by atoms with Crippen LogP contribution < -0.4 is 4.74 Å². The first-order valence-corrected chi connectivity index (χ1v) is 7.04. The molecule has 0 aliphatic carbocycles. The van der Waals surface area contributed by atoms with Crippen LogP contribution in [0.1, 0.15) is 10.4 Å². The first-order valence-electron chi connectivity index (χ1n) is 6.28. The molecule has 0 atom stereocenters. The molecule has 0 aromatic heterocycles. The summed E-state index contributed by atoms with van der Waals surface area (Å²) in [7, 11) is 2.53. The Balaban J connectivity index is 2.76. The Hall–Kier alpha value is -2.31. The number of carbonyl (C=O) groups excluding carboxylic acids is 1. The molecule has 0 heterocycles. The molecular weight excluding hydrogens is 345 g/mol. The van der Waals surface area contributed by atoms with E-state index in [4.69, 9.17) is 27.9 Å². The van der Waals surface area contributed by atoms with Crippen LogP contribution in [0, 0.1) is 10.1 Å². The third-order valence-corrected chi connectivity index (χ3v) is 3.53. The maximum absolute atomic E-state index is 11.8. The first kappa shape index (κ1) is 17.1. The number of hydrogen-bond donors (Lipinski definition) is 0. The predicted molar refractivity (Wildman–Crippen MR) is 86.4 cm³/mol. The van der Waals surface area contributed by atoms with Gasteiger partial charge in [0.25, 0.3) is 5.69 Å². The highest BCUT2D eigenvalue weighted by Crippen LogP contribution is 2.38. The number of halogens is 2. The Morgan fingerprint density at radius 3 is 2.17 bits per heavy atom. The fourth-order valence-electron chi connectivity index (χ4n) is 2.10. The molecule has 2 aromatic carbocycles. The molecule has 0 unspecified atom stereocenters. The van der Waals surface area contributed by atoms with Crippen molar-refractivity contribution in [2.24, 2.45) is 0 Å². The molecule has 0 fully saturated rings. The highest BCUT2D eigenvalue weighted by molar-refractivity contribution is 6.35. The van der Waals surface area contributed by atoms with E-state index in [1.54, 1.807) is 0 Å². The molecule has 0 saturated heterocycles. The zero-order valence-electron chi connectivity index (χ0n) is 12.1. The zero-order valence-corrected chi connectivity index (χ0v) is 13.6. The number of nitro groups is 1. The molecule has 0 spiro atoms. The summed E-state index contributed by atoms with van der Waals surface area (Å²) in [6, 6.07) is 7.07. The Bertz CT molecular complexity index is 771. The van der Waals surface area contributed by atoms with E-state index in [1.165, 1.54) is 38.5 Å². The van der Waals surface area contributed by atoms with Crippen LogP contribution in [-0.4, -0.2) is 25.1 Å². The third-order valence-electron chi connectivity index (χ3n) is 3.09. The maximum atomic E-state index is 11.8. The van der Waals surface area contributed by atoms with Gasteiger partial charge >= 0.3 is 5.97 Å². The highest BCUT2D eigenvalue weighted by Gasteiger charge is 2.24. The number of nitrogens with zero attached hydrogens (tertiary/aromatic N) is 1.